The van der Waals surface area contributed by atoms with E-state index in [4.69, 9.17) is 0 Å². The summed E-state index contributed by atoms with van der Waals surface area (Å²) in [6, 6.07) is 11.5. The van der Waals surface area contributed by atoms with Crippen LogP contribution < -0.4 is 5.32 Å². The predicted octanol–water partition coefficient (Wildman–Crippen LogP) is 4.20. The molecule has 2 aliphatic rings. The van der Waals surface area contributed by atoms with Crippen LogP contribution in [0.1, 0.15) is 45.3 Å². The standard InChI is InChI=1S/C28H25F2N3O2/c1-17-11-18(9-10-28-14-20(28)15-33(2)16-28)12-24(31-17)27(35)32-26(19-3-5-21(29)6-4-19)23-13-22(30)7-8-25(23)34/h3-8,11-13,20,26,34H,14-16H2,1-2H3,(H,32,35)/t20-,26+,28+/m0/s1. The number of aromatic nitrogens is 1. The number of phenols is 1. The van der Waals surface area contributed by atoms with Crippen molar-refractivity contribution in [2.24, 2.45) is 11.3 Å². The van der Waals surface area contributed by atoms with E-state index in [0.29, 0.717) is 22.7 Å². The van der Waals surface area contributed by atoms with Crippen molar-refractivity contribution in [3.8, 4) is 17.6 Å². The molecule has 3 atom stereocenters. The lowest BCUT2D eigenvalue weighted by atomic mass is 9.97. The summed E-state index contributed by atoms with van der Waals surface area (Å²) in [5.41, 5.74) is 2.19. The van der Waals surface area contributed by atoms with Gasteiger partial charge < -0.3 is 15.3 Å². The summed E-state index contributed by atoms with van der Waals surface area (Å²) in [6.07, 6.45) is 1.11. The number of halogens is 2. The fraction of sp³-hybridized carbons (Fsp3) is 0.286. The van der Waals surface area contributed by atoms with E-state index < -0.39 is 23.6 Å². The second-order valence-corrected chi connectivity index (χ2v) is 9.55. The maximum Gasteiger partial charge on any atom is 0.270 e. The molecular formula is C28H25F2N3O2. The minimum atomic E-state index is -0.921. The van der Waals surface area contributed by atoms with Crippen LogP contribution in [0, 0.1) is 41.7 Å². The Labute approximate surface area is 202 Å². The van der Waals surface area contributed by atoms with Crippen LogP contribution in [0.25, 0.3) is 0 Å². The molecule has 1 saturated heterocycles. The molecule has 1 saturated carbocycles. The summed E-state index contributed by atoms with van der Waals surface area (Å²) in [4.78, 5) is 19.9. The predicted molar refractivity (Wildman–Crippen MR) is 128 cm³/mol. The van der Waals surface area contributed by atoms with Crippen molar-refractivity contribution in [2.45, 2.75) is 19.4 Å². The van der Waals surface area contributed by atoms with Crippen molar-refractivity contribution in [2.75, 3.05) is 20.1 Å². The maximum atomic E-state index is 14.0. The highest BCUT2D eigenvalue weighted by atomic mass is 19.1. The molecule has 7 heteroatoms. The van der Waals surface area contributed by atoms with Gasteiger partial charge in [0.05, 0.1) is 6.04 Å². The molecule has 2 aromatic carbocycles. The molecule has 3 aromatic rings. The molecule has 2 heterocycles. The number of aromatic hydroxyl groups is 1. The SMILES string of the molecule is Cc1cc(C#C[C@]23C[C@H]2CN(C)C3)cc(C(=O)N[C@H](c2ccc(F)cc2)c2cc(F)ccc2O)n1. The number of fused-ring (bicyclic) bond motifs is 1. The van der Waals surface area contributed by atoms with Gasteiger partial charge in [0, 0.05) is 35.3 Å². The van der Waals surface area contributed by atoms with E-state index in [1.54, 1.807) is 13.0 Å². The molecule has 1 aliphatic carbocycles. The lowest BCUT2D eigenvalue weighted by Gasteiger charge is -2.21. The Bertz CT molecular complexity index is 1360. The van der Waals surface area contributed by atoms with Crippen LogP contribution >= 0.6 is 0 Å². The second-order valence-electron chi connectivity index (χ2n) is 9.55. The number of hydrogen-bond acceptors (Lipinski definition) is 4. The zero-order chi connectivity index (χ0) is 24.7. The van der Waals surface area contributed by atoms with Gasteiger partial charge in [0.2, 0.25) is 0 Å². The molecule has 2 fully saturated rings. The number of pyridine rings is 1. The lowest BCUT2D eigenvalue weighted by molar-refractivity contribution is 0.0937. The summed E-state index contributed by atoms with van der Waals surface area (Å²) in [6.45, 7) is 3.81. The van der Waals surface area contributed by atoms with Gasteiger partial charge in [-0.3, -0.25) is 4.79 Å². The van der Waals surface area contributed by atoms with Gasteiger partial charge in [-0.05, 0) is 74.3 Å². The van der Waals surface area contributed by atoms with Crippen molar-refractivity contribution in [3.63, 3.8) is 0 Å². The minimum absolute atomic E-state index is 0.0525. The minimum Gasteiger partial charge on any atom is -0.508 e. The quantitative estimate of drug-likeness (QED) is 0.558. The molecule has 2 N–H and O–H groups in total. The molecule has 0 unspecified atom stereocenters. The molecular weight excluding hydrogens is 448 g/mol. The van der Waals surface area contributed by atoms with Crippen molar-refractivity contribution in [3.05, 3.63) is 94.3 Å². The zero-order valence-electron chi connectivity index (χ0n) is 19.5. The number of likely N-dealkylation sites (tertiary alicyclic amines) is 1. The van der Waals surface area contributed by atoms with Crippen LogP contribution in [-0.4, -0.2) is 41.0 Å². The highest BCUT2D eigenvalue weighted by Crippen LogP contribution is 2.56. The van der Waals surface area contributed by atoms with Crippen LogP contribution in [0.15, 0.2) is 54.6 Å². The number of nitrogens with one attached hydrogen (secondary N) is 1. The van der Waals surface area contributed by atoms with E-state index in [1.807, 2.05) is 6.07 Å². The van der Waals surface area contributed by atoms with Crippen LogP contribution in [0.2, 0.25) is 0 Å². The Balaban J connectivity index is 1.44. The Morgan fingerprint density at radius 1 is 1.17 bits per heavy atom. The number of rotatable bonds is 4. The van der Waals surface area contributed by atoms with Gasteiger partial charge in [0.15, 0.2) is 0 Å². The molecule has 0 spiro atoms. The first-order valence-electron chi connectivity index (χ1n) is 11.5. The monoisotopic (exact) mass is 473 g/mol. The number of carbonyl (C=O) groups is 1. The third-order valence-electron chi connectivity index (χ3n) is 6.74. The Morgan fingerprint density at radius 3 is 2.63 bits per heavy atom. The lowest BCUT2D eigenvalue weighted by Crippen LogP contribution is -2.30. The van der Waals surface area contributed by atoms with Gasteiger partial charge in [-0.15, -0.1) is 0 Å². The van der Waals surface area contributed by atoms with E-state index in [0.717, 1.165) is 31.6 Å². The normalized spacial score (nSPS) is 21.5. The van der Waals surface area contributed by atoms with Crippen molar-refractivity contribution < 1.29 is 18.7 Å². The van der Waals surface area contributed by atoms with Crippen molar-refractivity contribution >= 4 is 5.91 Å². The van der Waals surface area contributed by atoms with Crippen molar-refractivity contribution in [1.82, 2.24) is 15.2 Å². The third kappa shape index (κ3) is 4.75. The number of piperidine rings is 1. The smallest absolute Gasteiger partial charge is 0.270 e. The highest BCUT2D eigenvalue weighted by Gasteiger charge is 2.58. The number of carbonyl (C=O) groups excluding carboxylic acids is 1. The number of benzene rings is 2. The number of amides is 1. The number of hydrogen-bond donors (Lipinski definition) is 2. The third-order valence-corrected chi connectivity index (χ3v) is 6.74. The van der Waals surface area contributed by atoms with Gasteiger partial charge in [0.25, 0.3) is 5.91 Å². The maximum absolute atomic E-state index is 14.0. The largest absolute Gasteiger partial charge is 0.508 e. The van der Waals surface area contributed by atoms with E-state index >= 15 is 0 Å². The first-order chi connectivity index (χ1) is 16.7. The molecule has 5 rings (SSSR count). The summed E-state index contributed by atoms with van der Waals surface area (Å²) in [5.74, 6) is 5.55. The van der Waals surface area contributed by atoms with E-state index in [2.05, 4.69) is 34.1 Å². The summed E-state index contributed by atoms with van der Waals surface area (Å²) in [7, 11) is 2.10. The molecule has 5 nitrogen and oxygen atoms in total. The van der Waals surface area contributed by atoms with E-state index in [9.17, 15) is 18.7 Å². The summed E-state index contributed by atoms with van der Waals surface area (Å²) < 4.78 is 27.5. The molecule has 1 aromatic heterocycles. The summed E-state index contributed by atoms with van der Waals surface area (Å²) >= 11 is 0. The van der Waals surface area contributed by atoms with Crippen LogP contribution in [0.4, 0.5) is 8.78 Å². The van der Waals surface area contributed by atoms with E-state index in [1.165, 1.54) is 30.3 Å². The second kappa shape index (κ2) is 8.79. The molecule has 1 amide bonds. The first-order valence-corrected chi connectivity index (χ1v) is 11.5. The fourth-order valence-corrected chi connectivity index (χ4v) is 4.94. The fourth-order valence-electron chi connectivity index (χ4n) is 4.94. The van der Waals surface area contributed by atoms with Gasteiger partial charge in [-0.2, -0.15) is 0 Å². The van der Waals surface area contributed by atoms with Crippen LogP contribution in [0.5, 0.6) is 5.75 Å². The Morgan fingerprint density at radius 2 is 1.91 bits per heavy atom. The highest BCUT2D eigenvalue weighted by molar-refractivity contribution is 5.93. The summed E-state index contributed by atoms with van der Waals surface area (Å²) in [5, 5.41) is 13.2. The first kappa shape index (κ1) is 23.0. The molecule has 35 heavy (non-hydrogen) atoms. The van der Waals surface area contributed by atoms with Gasteiger partial charge in [-0.1, -0.05) is 24.0 Å². The number of phenolic OH excluding ortho intramolecular Hbond substituents is 1. The average Bonchev–Trinajstić information content (AvgIpc) is 3.38. The van der Waals surface area contributed by atoms with Crippen molar-refractivity contribution in [1.29, 1.82) is 0 Å². The van der Waals surface area contributed by atoms with Gasteiger partial charge in [0.1, 0.15) is 23.1 Å². The van der Waals surface area contributed by atoms with Crippen LogP contribution in [-0.2, 0) is 0 Å². The molecule has 178 valence electrons. The number of nitrogens with zero attached hydrogens (tertiary/aromatic N) is 2. The zero-order valence-corrected chi connectivity index (χ0v) is 19.5. The average molecular weight is 474 g/mol. The topological polar surface area (TPSA) is 65.5 Å². The molecule has 1 aliphatic heterocycles. The van der Waals surface area contributed by atoms with Gasteiger partial charge in [-0.25, -0.2) is 13.8 Å². The van der Waals surface area contributed by atoms with Gasteiger partial charge >= 0.3 is 0 Å². The molecule has 0 bridgehead atoms. The number of aryl methyl sites for hydroxylation is 1. The Hall–Kier alpha value is -3.76. The molecule has 0 radical (unpaired) electrons. The van der Waals surface area contributed by atoms with Crippen LogP contribution in [0.3, 0.4) is 0 Å². The van der Waals surface area contributed by atoms with E-state index in [-0.39, 0.29) is 22.4 Å². The Kier molecular flexibility index (Phi) is 5.78.